The number of hydrogen-bond donors (Lipinski definition) is 0. The number of unbranched alkanes of at least 4 members (excludes halogenated alkanes) is 1. The van der Waals surface area contributed by atoms with Gasteiger partial charge in [-0.1, -0.05) is 24.3 Å². The first kappa shape index (κ1) is 23.5. The number of benzene rings is 1. The summed E-state index contributed by atoms with van der Waals surface area (Å²) in [6, 6.07) is 12.4. The van der Waals surface area contributed by atoms with Crippen LogP contribution in [0, 0.1) is 13.8 Å². The summed E-state index contributed by atoms with van der Waals surface area (Å²) in [5, 5.41) is 0. The second-order valence-corrected chi connectivity index (χ2v) is 6.79. The lowest BCUT2D eigenvalue weighted by molar-refractivity contribution is 0.237. The van der Waals surface area contributed by atoms with Crippen LogP contribution >= 0.6 is 24.8 Å². The molecule has 1 fully saturated rings. The van der Waals surface area contributed by atoms with Gasteiger partial charge in [-0.2, -0.15) is 0 Å². The fourth-order valence-electron chi connectivity index (χ4n) is 3.38. The van der Waals surface area contributed by atoms with E-state index >= 15 is 0 Å². The van der Waals surface area contributed by atoms with Crippen LogP contribution in [-0.2, 0) is 0 Å². The molecule has 27 heavy (non-hydrogen) atoms. The molecule has 0 radical (unpaired) electrons. The van der Waals surface area contributed by atoms with Crippen molar-refractivity contribution in [2.24, 2.45) is 0 Å². The Kier molecular flexibility index (Phi) is 10.5. The highest BCUT2D eigenvalue weighted by atomic mass is 35.5. The van der Waals surface area contributed by atoms with Gasteiger partial charge in [-0.25, -0.2) is 4.98 Å². The van der Waals surface area contributed by atoms with Crippen molar-refractivity contribution in [2.45, 2.75) is 26.7 Å². The van der Waals surface area contributed by atoms with Gasteiger partial charge in [-0.15, -0.1) is 24.8 Å². The summed E-state index contributed by atoms with van der Waals surface area (Å²) in [6.07, 6.45) is 4.17. The number of aromatic nitrogens is 1. The number of anilines is 1. The molecule has 3 rings (SSSR count). The van der Waals surface area contributed by atoms with Crippen LogP contribution in [0.15, 0.2) is 42.6 Å². The maximum Gasteiger partial charge on any atom is 0.128 e. The minimum Gasteiger partial charge on any atom is -0.493 e. The summed E-state index contributed by atoms with van der Waals surface area (Å²) >= 11 is 0. The quantitative estimate of drug-likeness (QED) is 0.625. The Balaban J connectivity index is 0.00000182. The molecule has 1 aliphatic rings. The van der Waals surface area contributed by atoms with Crippen LogP contribution in [0.25, 0.3) is 0 Å². The first-order valence-corrected chi connectivity index (χ1v) is 9.31. The Morgan fingerprint density at radius 2 is 1.59 bits per heavy atom. The number of aryl methyl sites for hydroxylation is 2. The molecule has 0 unspecified atom stereocenters. The molecule has 2 aromatic rings. The Labute approximate surface area is 175 Å². The van der Waals surface area contributed by atoms with Gasteiger partial charge in [0.05, 0.1) is 6.61 Å². The van der Waals surface area contributed by atoms with E-state index in [0.29, 0.717) is 0 Å². The van der Waals surface area contributed by atoms with Crippen molar-refractivity contribution in [2.75, 3.05) is 44.2 Å². The van der Waals surface area contributed by atoms with Crippen LogP contribution in [0.4, 0.5) is 5.82 Å². The molecule has 0 amide bonds. The van der Waals surface area contributed by atoms with E-state index in [1.807, 2.05) is 12.3 Å². The van der Waals surface area contributed by atoms with Gasteiger partial charge in [0.25, 0.3) is 0 Å². The lowest BCUT2D eigenvalue weighted by Gasteiger charge is -2.35. The van der Waals surface area contributed by atoms with Crippen LogP contribution in [0.2, 0.25) is 0 Å². The number of para-hydroxylation sites is 1. The fraction of sp³-hybridized carbons (Fsp3) is 0.476. The lowest BCUT2D eigenvalue weighted by atomic mass is 10.1. The molecule has 0 saturated carbocycles. The topological polar surface area (TPSA) is 28.6 Å². The molecule has 1 aliphatic heterocycles. The molecule has 2 heterocycles. The predicted molar refractivity (Wildman–Crippen MR) is 118 cm³/mol. The van der Waals surface area contributed by atoms with Crippen LogP contribution in [-0.4, -0.2) is 49.2 Å². The van der Waals surface area contributed by atoms with Crippen LogP contribution < -0.4 is 9.64 Å². The second-order valence-electron chi connectivity index (χ2n) is 6.79. The van der Waals surface area contributed by atoms with E-state index in [0.717, 1.165) is 57.3 Å². The van der Waals surface area contributed by atoms with Crippen LogP contribution in [0.1, 0.15) is 24.0 Å². The van der Waals surface area contributed by atoms with Crippen LogP contribution in [0.3, 0.4) is 0 Å². The fourth-order valence-corrected chi connectivity index (χ4v) is 3.38. The van der Waals surface area contributed by atoms with Crippen molar-refractivity contribution in [1.29, 1.82) is 0 Å². The van der Waals surface area contributed by atoms with Crippen molar-refractivity contribution < 1.29 is 4.74 Å². The Hall–Kier alpha value is -1.49. The molecule has 0 spiro atoms. The predicted octanol–water partition coefficient (Wildman–Crippen LogP) is 4.52. The summed E-state index contributed by atoms with van der Waals surface area (Å²) in [5.74, 6) is 2.16. The number of nitrogens with zero attached hydrogens (tertiary/aromatic N) is 3. The number of piperazine rings is 1. The molecule has 1 saturated heterocycles. The zero-order chi connectivity index (χ0) is 17.5. The molecule has 0 N–H and O–H groups in total. The Morgan fingerprint density at radius 3 is 2.22 bits per heavy atom. The third kappa shape index (κ3) is 6.87. The van der Waals surface area contributed by atoms with Crippen molar-refractivity contribution in [3.8, 4) is 5.75 Å². The SMILES string of the molecule is Cc1cccc(C)c1OCCCCN1CCN(c2ccccn2)CC1.Cl.Cl. The summed E-state index contributed by atoms with van der Waals surface area (Å²) in [4.78, 5) is 9.38. The molecule has 1 aromatic carbocycles. The lowest BCUT2D eigenvalue weighted by Crippen LogP contribution is -2.46. The molecule has 150 valence electrons. The Bertz CT molecular complexity index is 641. The highest BCUT2D eigenvalue weighted by molar-refractivity contribution is 5.85. The van der Waals surface area contributed by atoms with Gasteiger partial charge in [0.15, 0.2) is 0 Å². The monoisotopic (exact) mass is 411 g/mol. The highest BCUT2D eigenvalue weighted by Gasteiger charge is 2.17. The van der Waals surface area contributed by atoms with Gasteiger partial charge in [0.2, 0.25) is 0 Å². The highest BCUT2D eigenvalue weighted by Crippen LogP contribution is 2.22. The van der Waals surface area contributed by atoms with E-state index in [2.05, 4.69) is 59.0 Å². The standard InChI is InChI=1S/C21H29N3O.2ClH/c1-18-8-7-9-19(2)21(18)25-17-6-5-12-23-13-15-24(16-14-23)20-10-3-4-11-22-20;;/h3-4,7-11H,5-6,12-17H2,1-2H3;2*1H. The third-order valence-electron chi connectivity index (χ3n) is 4.87. The molecule has 1 aromatic heterocycles. The smallest absolute Gasteiger partial charge is 0.128 e. The van der Waals surface area contributed by atoms with E-state index < -0.39 is 0 Å². The largest absolute Gasteiger partial charge is 0.493 e. The number of pyridine rings is 1. The van der Waals surface area contributed by atoms with Crippen LogP contribution in [0.5, 0.6) is 5.75 Å². The number of rotatable bonds is 7. The maximum absolute atomic E-state index is 6.00. The van der Waals surface area contributed by atoms with E-state index in [4.69, 9.17) is 4.74 Å². The average molecular weight is 412 g/mol. The second kappa shape index (κ2) is 12.1. The molecule has 0 aliphatic carbocycles. The number of ether oxygens (including phenoxy) is 1. The van der Waals surface area contributed by atoms with E-state index in [-0.39, 0.29) is 24.8 Å². The number of halogens is 2. The van der Waals surface area contributed by atoms with Gasteiger partial charge < -0.3 is 9.64 Å². The minimum absolute atomic E-state index is 0. The van der Waals surface area contributed by atoms with E-state index in [1.54, 1.807) is 0 Å². The first-order chi connectivity index (χ1) is 12.2. The van der Waals surface area contributed by atoms with Gasteiger partial charge in [0, 0.05) is 32.4 Å². The third-order valence-corrected chi connectivity index (χ3v) is 4.87. The molecule has 0 bridgehead atoms. The van der Waals surface area contributed by atoms with Crippen molar-refractivity contribution >= 4 is 30.6 Å². The van der Waals surface area contributed by atoms with Crippen molar-refractivity contribution in [3.63, 3.8) is 0 Å². The molecule has 0 atom stereocenters. The van der Waals surface area contributed by atoms with Crippen molar-refractivity contribution in [3.05, 3.63) is 53.7 Å². The normalized spacial score (nSPS) is 14.2. The molecule has 4 nitrogen and oxygen atoms in total. The molecule has 6 heteroatoms. The minimum atomic E-state index is 0. The van der Waals surface area contributed by atoms with Gasteiger partial charge in [0.1, 0.15) is 11.6 Å². The summed E-state index contributed by atoms with van der Waals surface area (Å²) < 4.78 is 6.00. The van der Waals surface area contributed by atoms with Gasteiger partial charge >= 0.3 is 0 Å². The molecular weight excluding hydrogens is 381 g/mol. The van der Waals surface area contributed by atoms with Crippen molar-refractivity contribution in [1.82, 2.24) is 9.88 Å². The van der Waals surface area contributed by atoms with Gasteiger partial charge in [-0.3, -0.25) is 4.90 Å². The summed E-state index contributed by atoms with van der Waals surface area (Å²) in [7, 11) is 0. The maximum atomic E-state index is 6.00. The van der Waals surface area contributed by atoms with E-state index in [1.165, 1.54) is 17.5 Å². The summed E-state index contributed by atoms with van der Waals surface area (Å²) in [6.45, 7) is 10.6. The van der Waals surface area contributed by atoms with E-state index in [9.17, 15) is 0 Å². The molecular formula is C21H31Cl2N3O. The first-order valence-electron chi connectivity index (χ1n) is 9.31. The Morgan fingerprint density at radius 1 is 0.889 bits per heavy atom. The number of hydrogen-bond acceptors (Lipinski definition) is 4. The van der Waals surface area contributed by atoms with Gasteiger partial charge in [-0.05, 0) is 56.5 Å². The zero-order valence-corrected chi connectivity index (χ0v) is 17.9. The zero-order valence-electron chi connectivity index (χ0n) is 16.3. The summed E-state index contributed by atoms with van der Waals surface area (Å²) in [5.41, 5.74) is 2.45. The average Bonchev–Trinajstić information content (AvgIpc) is 2.65.